The van der Waals surface area contributed by atoms with Crippen LogP contribution >= 0.6 is 0 Å². The van der Waals surface area contributed by atoms with Crippen LogP contribution in [0.15, 0.2) is 42.6 Å². The monoisotopic (exact) mass is 225 g/mol. The Morgan fingerprint density at radius 2 is 2.00 bits per heavy atom. The van der Waals surface area contributed by atoms with Gasteiger partial charge < -0.3 is 0 Å². The molecule has 1 heterocycles. The third-order valence-corrected chi connectivity index (χ3v) is 2.28. The summed E-state index contributed by atoms with van der Waals surface area (Å²) < 4.78 is 0. The second kappa shape index (κ2) is 4.41. The molecular weight excluding hydrogens is 218 g/mol. The first-order valence-corrected chi connectivity index (χ1v) is 4.82. The number of hydrogen-bond acceptors (Lipinski definition) is 4. The Hall–Kier alpha value is -2.74. The number of nitriles is 1. The molecule has 5 nitrogen and oxygen atoms in total. The van der Waals surface area contributed by atoms with Crippen molar-refractivity contribution < 1.29 is 4.92 Å². The van der Waals surface area contributed by atoms with Crippen molar-refractivity contribution in [3.63, 3.8) is 0 Å². The lowest BCUT2D eigenvalue weighted by Crippen LogP contribution is -1.91. The summed E-state index contributed by atoms with van der Waals surface area (Å²) in [5.74, 6) is 0. The van der Waals surface area contributed by atoms with Crippen LogP contribution < -0.4 is 0 Å². The largest absolute Gasteiger partial charge is 0.287 e. The minimum absolute atomic E-state index is 0.0665. The number of aromatic nitrogens is 1. The molecular formula is C12H7N3O2. The molecule has 0 aliphatic rings. The molecule has 0 spiro atoms. The van der Waals surface area contributed by atoms with Crippen LogP contribution in [0.2, 0.25) is 0 Å². The van der Waals surface area contributed by atoms with Crippen LogP contribution in [-0.2, 0) is 0 Å². The van der Waals surface area contributed by atoms with Crippen molar-refractivity contribution in [1.82, 2.24) is 4.98 Å². The Morgan fingerprint density at radius 3 is 2.59 bits per heavy atom. The van der Waals surface area contributed by atoms with Gasteiger partial charge in [-0.25, -0.2) is 4.98 Å². The zero-order chi connectivity index (χ0) is 12.3. The van der Waals surface area contributed by atoms with Gasteiger partial charge >= 0.3 is 0 Å². The van der Waals surface area contributed by atoms with E-state index in [0.717, 1.165) is 0 Å². The summed E-state index contributed by atoms with van der Waals surface area (Å²) in [7, 11) is 0. The lowest BCUT2D eigenvalue weighted by molar-refractivity contribution is -0.385. The predicted octanol–water partition coefficient (Wildman–Crippen LogP) is 2.53. The molecule has 0 aliphatic carbocycles. The molecule has 0 saturated heterocycles. The van der Waals surface area contributed by atoms with E-state index in [1.807, 2.05) is 0 Å². The molecule has 17 heavy (non-hydrogen) atoms. The Labute approximate surface area is 97.1 Å². The first-order valence-electron chi connectivity index (χ1n) is 4.82. The van der Waals surface area contributed by atoms with Crippen LogP contribution in [0.3, 0.4) is 0 Å². The van der Waals surface area contributed by atoms with Gasteiger partial charge in [0.15, 0.2) is 0 Å². The van der Waals surface area contributed by atoms with Crippen LogP contribution in [0.25, 0.3) is 11.3 Å². The topological polar surface area (TPSA) is 79.8 Å². The molecule has 0 N–H and O–H groups in total. The SMILES string of the molecule is N#Cc1ccccc1-c1ccc([N+](=O)[O-])cn1. The second-order valence-electron chi connectivity index (χ2n) is 3.32. The third kappa shape index (κ3) is 2.11. The maximum atomic E-state index is 10.5. The van der Waals surface area contributed by atoms with E-state index in [1.54, 1.807) is 24.3 Å². The summed E-state index contributed by atoms with van der Waals surface area (Å²) in [5.41, 5.74) is 1.65. The molecule has 0 atom stereocenters. The molecule has 0 aliphatic heterocycles. The molecule has 0 fully saturated rings. The van der Waals surface area contributed by atoms with Gasteiger partial charge in [-0.05, 0) is 12.1 Å². The van der Waals surface area contributed by atoms with Gasteiger partial charge in [-0.2, -0.15) is 5.26 Å². The van der Waals surface area contributed by atoms with Gasteiger partial charge in [-0.3, -0.25) is 10.1 Å². The molecule has 5 heteroatoms. The lowest BCUT2D eigenvalue weighted by atomic mass is 10.1. The Bertz CT molecular complexity index is 600. The molecule has 0 amide bonds. The Kier molecular flexibility index (Phi) is 2.79. The smallest absolute Gasteiger partial charge is 0.258 e. The summed E-state index contributed by atoms with van der Waals surface area (Å²) >= 11 is 0. The van der Waals surface area contributed by atoms with Crippen molar-refractivity contribution in [3.8, 4) is 17.3 Å². The molecule has 1 aromatic carbocycles. The van der Waals surface area contributed by atoms with Crippen LogP contribution in [0.4, 0.5) is 5.69 Å². The van der Waals surface area contributed by atoms with Crippen LogP contribution in [0.5, 0.6) is 0 Å². The molecule has 0 saturated carbocycles. The quantitative estimate of drug-likeness (QED) is 0.581. The lowest BCUT2D eigenvalue weighted by Gasteiger charge is -2.01. The highest BCUT2D eigenvalue weighted by Gasteiger charge is 2.08. The van der Waals surface area contributed by atoms with Gasteiger partial charge in [0, 0.05) is 11.6 Å². The highest BCUT2D eigenvalue weighted by atomic mass is 16.6. The maximum absolute atomic E-state index is 10.5. The van der Waals surface area contributed by atoms with E-state index in [4.69, 9.17) is 5.26 Å². The average Bonchev–Trinajstić information content (AvgIpc) is 2.39. The summed E-state index contributed by atoms with van der Waals surface area (Å²) in [6.07, 6.45) is 1.18. The minimum Gasteiger partial charge on any atom is -0.258 e. The fraction of sp³-hybridized carbons (Fsp3) is 0. The van der Waals surface area contributed by atoms with E-state index in [9.17, 15) is 10.1 Å². The van der Waals surface area contributed by atoms with Crippen molar-refractivity contribution in [1.29, 1.82) is 5.26 Å². The fourth-order valence-corrected chi connectivity index (χ4v) is 1.46. The van der Waals surface area contributed by atoms with Crippen molar-refractivity contribution in [3.05, 3.63) is 58.3 Å². The summed E-state index contributed by atoms with van der Waals surface area (Å²) in [6.45, 7) is 0. The fourth-order valence-electron chi connectivity index (χ4n) is 1.46. The van der Waals surface area contributed by atoms with Crippen LogP contribution in [0, 0.1) is 21.4 Å². The van der Waals surface area contributed by atoms with E-state index in [2.05, 4.69) is 11.1 Å². The molecule has 0 radical (unpaired) electrons. The average molecular weight is 225 g/mol. The predicted molar refractivity (Wildman–Crippen MR) is 61.0 cm³/mol. The van der Waals surface area contributed by atoms with Gasteiger partial charge in [-0.1, -0.05) is 18.2 Å². The Balaban J connectivity index is 2.47. The first-order chi connectivity index (χ1) is 8.22. The van der Waals surface area contributed by atoms with E-state index in [-0.39, 0.29) is 5.69 Å². The summed E-state index contributed by atoms with van der Waals surface area (Å²) in [5, 5.41) is 19.4. The van der Waals surface area contributed by atoms with E-state index in [0.29, 0.717) is 16.8 Å². The standard InChI is InChI=1S/C12H7N3O2/c13-7-9-3-1-2-4-11(9)12-6-5-10(8-14-12)15(16)17/h1-6,8H. The van der Waals surface area contributed by atoms with Gasteiger partial charge in [-0.15, -0.1) is 0 Å². The molecule has 0 bridgehead atoms. The molecule has 1 aromatic heterocycles. The van der Waals surface area contributed by atoms with Gasteiger partial charge in [0.2, 0.25) is 0 Å². The number of nitro groups is 1. The number of pyridine rings is 1. The van der Waals surface area contributed by atoms with Crippen molar-refractivity contribution in [2.75, 3.05) is 0 Å². The van der Waals surface area contributed by atoms with E-state index >= 15 is 0 Å². The zero-order valence-corrected chi connectivity index (χ0v) is 8.70. The highest BCUT2D eigenvalue weighted by molar-refractivity contribution is 5.67. The molecule has 0 unspecified atom stereocenters. The number of benzene rings is 1. The normalized spacial score (nSPS) is 9.59. The van der Waals surface area contributed by atoms with Crippen molar-refractivity contribution >= 4 is 5.69 Å². The van der Waals surface area contributed by atoms with Crippen molar-refractivity contribution in [2.24, 2.45) is 0 Å². The van der Waals surface area contributed by atoms with Crippen LogP contribution in [0.1, 0.15) is 5.56 Å². The van der Waals surface area contributed by atoms with Gasteiger partial charge in [0.05, 0.1) is 22.2 Å². The number of hydrogen-bond donors (Lipinski definition) is 0. The summed E-state index contributed by atoms with van der Waals surface area (Å²) in [6, 6.07) is 11.9. The van der Waals surface area contributed by atoms with Gasteiger partial charge in [0.25, 0.3) is 5.69 Å². The van der Waals surface area contributed by atoms with Gasteiger partial charge in [0.1, 0.15) is 6.20 Å². The summed E-state index contributed by atoms with van der Waals surface area (Å²) in [4.78, 5) is 14.0. The number of nitrogens with zero attached hydrogens (tertiary/aromatic N) is 3. The van der Waals surface area contributed by atoms with E-state index in [1.165, 1.54) is 18.3 Å². The maximum Gasteiger partial charge on any atom is 0.287 e. The van der Waals surface area contributed by atoms with Crippen molar-refractivity contribution in [2.45, 2.75) is 0 Å². The minimum atomic E-state index is -0.507. The van der Waals surface area contributed by atoms with Crippen LogP contribution in [-0.4, -0.2) is 9.91 Å². The molecule has 82 valence electrons. The zero-order valence-electron chi connectivity index (χ0n) is 8.70. The molecule has 2 aromatic rings. The second-order valence-corrected chi connectivity index (χ2v) is 3.32. The van der Waals surface area contributed by atoms with E-state index < -0.39 is 4.92 Å². The Morgan fingerprint density at radius 1 is 1.24 bits per heavy atom. The first kappa shape index (κ1) is 10.8. The molecule has 2 rings (SSSR count). The highest BCUT2D eigenvalue weighted by Crippen LogP contribution is 2.22. The third-order valence-electron chi connectivity index (χ3n) is 2.28. The number of rotatable bonds is 2.